The minimum atomic E-state index is -0.0715. The van der Waals surface area contributed by atoms with Crippen LogP contribution in [0.25, 0.3) is 21.6 Å². The summed E-state index contributed by atoms with van der Waals surface area (Å²) in [5, 5.41) is 0.762. The van der Waals surface area contributed by atoms with Gasteiger partial charge in [0.1, 0.15) is 28.8 Å². The Kier molecular flexibility index (Phi) is 7.13. The van der Waals surface area contributed by atoms with E-state index >= 15 is 0 Å². The Labute approximate surface area is 214 Å². The lowest BCUT2D eigenvalue weighted by Crippen LogP contribution is -2.10. The normalized spacial score (nSPS) is 13.2. The average Bonchev–Trinajstić information content (AvgIpc) is 3.09. The Balaban J connectivity index is 1.46. The van der Waals surface area contributed by atoms with E-state index in [2.05, 4.69) is 4.98 Å². The quantitative estimate of drug-likeness (QED) is 0.299. The number of aromatic nitrogens is 2. The molecule has 0 aliphatic heterocycles. The molecule has 0 bridgehead atoms. The van der Waals surface area contributed by atoms with Crippen LogP contribution in [-0.4, -0.2) is 30.8 Å². The van der Waals surface area contributed by atoms with Gasteiger partial charge in [-0.25, -0.2) is 4.98 Å². The van der Waals surface area contributed by atoms with Crippen molar-refractivity contribution in [3.05, 3.63) is 62.8 Å². The average molecular weight is 507 g/mol. The van der Waals surface area contributed by atoms with Gasteiger partial charge in [0.2, 0.25) is 0 Å². The third-order valence-corrected chi connectivity index (χ3v) is 7.65. The molecule has 7 nitrogen and oxygen atoms in total. The van der Waals surface area contributed by atoms with Crippen molar-refractivity contribution >= 4 is 21.6 Å². The molecule has 188 valence electrons. The molecule has 0 radical (unpaired) electrons. The van der Waals surface area contributed by atoms with E-state index in [1.54, 1.807) is 25.6 Å². The van der Waals surface area contributed by atoms with Crippen molar-refractivity contribution in [3.63, 3.8) is 0 Å². The van der Waals surface area contributed by atoms with Gasteiger partial charge >= 0.3 is 0 Å². The van der Waals surface area contributed by atoms with Gasteiger partial charge in [0, 0.05) is 16.0 Å². The van der Waals surface area contributed by atoms with E-state index < -0.39 is 0 Å². The van der Waals surface area contributed by atoms with Crippen LogP contribution in [-0.2, 0) is 19.4 Å². The predicted molar refractivity (Wildman–Crippen MR) is 142 cm³/mol. The van der Waals surface area contributed by atoms with Gasteiger partial charge in [-0.3, -0.25) is 4.79 Å². The van der Waals surface area contributed by atoms with Gasteiger partial charge in [-0.05, 0) is 74.6 Å². The molecule has 4 aromatic rings. The number of ether oxygens (including phenoxy) is 4. The molecular weight excluding hydrogens is 476 g/mol. The topological polar surface area (TPSA) is 82.7 Å². The van der Waals surface area contributed by atoms with E-state index in [0.29, 0.717) is 23.9 Å². The van der Waals surface area contributed by atoms with Crippen LogP contribution in [0.2, 0.25) is 0 Å². The molecule has 0 saturated carbocycles. The molecule has 1 N–H and O–H groups in total. The minimum absolute atomic E-state index is 0.0715. The molecule has 0 atom stereocenters. The van der Waals surface area contributed by atoms with Gasteiger partial charge in [0.25, 0.3) is 5.56 Å². The first-order valence-electron chi connectivity index (χ1n) is 12.3. The molecule has 0 spiro atoms. The number of methoxy groups -OCH3 is 2. The Morgan fingerprint density at radius 2 is 1.78 bits per heavy atom. The molecule has 0 unspecified atom stereocenters. The smallest absolute Gasteiger partial charge is 0.260 e. The highest BCUT2D eigenvalue weighted by Crippen LogP contribution is 2.36. The summed E-state index contributed by atoms with van der Waals surface area (Å²) in [6.07, 6.45) is 5.50. The van der Waals surface area contributed by atoms with E-state index in [9.17, 15) is 4.79 Å². The van der Waals surface area contributed by atoms with Gasteiger partial charge in [-0.15, -0.1) is 11.3 Å². The van der Waals surface area contributed by atoms with Crippen molar-refractivity contribution in [2.24, 2.45) is 0 Å². The molecular formula is C28H30N2O5S. The molecule has 0 saturated heterocycles. The van der Waals surface area contributed by atoms with Crippen molar-refractivity contribution in [2.45, 2.75) is 45.6 Å². The fourth-order valence-corrected chi connectivity index (χ4v) is 5.93. The molecule has 5 rings (SSSR count). The van der Waals surface area contributed by atoms with E-state index in [0.717, 1.165) is 52.1 Å². The molecule has 2 heterocycles. The third-order valence-electron chi connectivity index (χ3n) is 6.46. The number of fused-ring (bicyclic) bond motifs is 3. The summed E-state index contributed by atoms with van der Waals surface area (Å²) in [7, 11) is 3.25. The number of hydrogen-bond acceptors (Lipinski definition) is 7. The molecule has 8 heteroatoms. The highest BCUT2D eigenvalue weighted by Gasteiger charge is 2.20. The highest BCUT2D eigenvalue weighted by molar-refractivity contribution is 7.18. The lowest BCUT2D eigenvalue weighted by atomic mass is 10.1. The molecule has 1 aliphatic carbocycles. The number of nitrogens with zero attached hydrogens (tertiary/aromatic N) is 1. The summed E-state index contributed by atoms with van der Waals surface area (Å²) in [5.41, 5.74) is 2.75. The second kappa shape index (κ2) is 10.6. The van der Waals surface area contributed by atoms with Gasteiger partial charge in [-0.1, -0.05) is 6.42 Å². The summed E-state index contributed by atoms with van der Waals surface area (Å²) in [6, 6.07) is 11.2. The Morgan fingerprint density at radius 1 is 0.944 bits per heavy atom. The zero-order valence-corrected chi connectivity index (χ0v) is 21.6. The van der Waals surface area contributed by atoms with Crippen molar-refractivity contribution in [3.8, 4) is 34.4 Å². The van der Waals surface area contributed by atoms with Crippen molar-refractivity contribution in [2.75, 3.05) is 20.8 Å². The first-order valence-corrected chi connectivity index (χ1v) is 13.1. The van der Waals surface area contributed by atoms with Crippen LogP contribution in [0.5, 0.6) is 23.0 Å². The fraction of sp³-hybridized carbons (Fsp3) is 0.357. The predicted octanol–water partition coefficient (Wildman–Crippen LogP) is 5.92. The van der Waals surface area contributed by atoms with Gasteiger partial charge in [-0.2, -0.15) is 0 Å². The van der Waals surface area contributed by atoms with Crippen LogP contribution in [0.1, 0.15) is 42.2 Å². The minimum Gasteiger partial charge on any atom is -0.497 e. The zero-order valence-electron chi connectivity index (χ0n) is 20.8. The first kappa shape index (κ1) is 24.2. The Hall–Kier alpha value is -3.52. The molecule has 2 aromatic carbocycles. The molecule has 0 amide bonds. The van der Waals surface area contributed by atoms with Gasteiger partial charge in [0.15, 0.2) is 11.5 Å². The van der Waals surface area contributed by atoms with Crippen LogP contribution in [0.4, 0.5) is 0 Å². The van der Waals surface area contributed by atoms with Gasteiger partial charge in [0.05, 0.1) is 26.2 Å². The third kappa shape index (κ3) is 4.78. The van der Waals surface area contributed by atoms with Crippen LogP contribution in [0.3, 0.4) is 0 Å². The maximum Gasteiger partial charge on any atom is 0.260 e. The number of benzene rings is 2. The number of aromatic amines is 1. The molecule has 1 aliphatic rings. The van der Waals surface area contributed by atoms with Crippen LogP contribution in [0.15, 0.2) is 41.2 Å². The Morgan fingerprint density at radius 3 is 2.58 bits per heavy atom. The number of hydrogen-bond donors (Lipinski definition) is 1. The maximum absolute atomic E-state index is 13.1. The lowest BCUT2D eigenvalue weighted by Gasteiger charge is -2.15. The monoisotopic (exact) mass is 506 g/mol. The Bertz CT molecular complexity index is 1440. The van der Waals surface area contributed by atoms with Crippen molar-refractivity contribution in [1.29, 1.82) is 0 Å². The largest absolute Gasteiger partial charge is 0.497 e. The van der Waals surface area contributed by atoms with Crippen LogP contribution < -0.4 is 24.5 Å². The highest BCUT2D eigenvalue weighted by atomic mass is 32.1. The fourth-order valence-electron chi connectivity index (χ4n) is 4.67. The molecule has 2 aromatic heterocycles. The number of rotatable bonds is 8. The number of nitrogens with one attached hydrogen (secondary N) is 1. The number of aryl methyl sites for hydroxylation is 2. The number of thiophene rings is 1. The second-order valence-corrected chi connectivity index (χ2v) is 9.80. The summed E-state index contributed by atoms with van der Waals surface area (Å²) in [6.45, 7) is 2.68. The van der Waals surface area contributed by atoms with Crippen molar-refractivity contribution in [1.82, 2.24) is 9.97 Å². The van der Waals surface area contributed by atoms with Gasteiger partial charge < -0.3 is 23.9 Å². The molecule has 0 fully saturated rings. The van der Waals surface area contributed by atoms with E-state index in [1.807, 2.05) is 43.3 Å². The van der Waals surface area contributed by atoms with E-state index in [4.69, 9.17) is 23.9 Å². The first-order chi connectivity index (χ1) is 17.6. The van der Waals surface area contributed by atoms with Crippen molar-refractivity contribution < 1.29 is 18.9 Å². The SMILES string of the molecule is CCOc1cc(-c2nc3sc4c(c3c(=O)[nH]2)CCCCC4)ccc1OCc1cc(OC)ccc1OC. The second-order valence-electron chi connectivity index (χ2n) is 8.72. The maximum atomic E-state index is 13.1. The molecule has 36 heavy (non-hydrogen) atoms. The summed E-state index contributed by atoms with van der Waals surface area (Å²) in [4.78, 5) is 23.1. The standard InChI is InChI=1S/C28H30N2O5S/c1-4-34-23-15-17(10-12-22(23)35-16-18-14-19(32-2)11-13-21(18)33-3)26-29-27(31)25-20-8-6-5-7-9-24(20)36-28(25)30-26/h10-15H,4-9,16H2,1-3H3,(H,29,30,31). The van der Waals surface area contributed by atoms with Crippen LogP contribution in [0, 0.1) is 0 Å². The van der Waals surface area contributed by atoms with Crippen LogP contribution >= 0.6 is 11.3 Å². The summed E-state index contributed by atoms with van der Waals surface area (Å²) < 4.78 is 22.8. The number of H-pyrrole nitrogens is 1. The summed E-state index contributed by atoms with van der Waals surface area (Å²) in [5.74, 6) is 3.16. The summed E-state index contributed by atoms with van der Waals surface area (Å²) >= 11 is 1.66. The van der Waals surface area contributed by atoms with E-state index in [1.165, 1.54) is 23.3 Å². The van der Waals surface area contributed by atoms with E-state index in [-0.39, 0.29) is 12.2 Å². The lowest BCUT2D eigenvalue weighted by molar-refractivity contribution is 0.264. The zero-order chi connectivity index (χ0) is 25.1.